The van der Waals surface area contributed by atoms with E-state index in [9.17, 15) is 17.4 Å². The second-order valence-electron chi connectivity index (χ2n) is 3.53. The fourth-order valence-corrected chi connectivity index (χ4v) is 1.54. The molecule has 0 aliphatic heterocycles. The molecule has 0 bridgehead atoms. The molecule has 0 fully saturated rings. The van der Waals surface area contributed by atoms with Crippen LogP contribution in [0, 0.1) is 0 Å². The minimum absolute atomic E-state index is 0.299. The smallest absolute Gasteiger partial charge is 0.259 e. The molecule has 0 aromatic heterocycles. The van der Waals surface area contributed by atoms with Gasteiger partial charge in [0, 0.05) is 21.3 Å². The molecule has 0 radical (unpaired) electrons. The lowest BCUT2D eigenvalue weighted by Gasteiger charge is -2.17. The summed E-state index contributed by atoms with van der Waals surface area (Å²) in [7, 11) is -1.40. The summed E-state index contributed by atoms with van der Waals surface area (Å²) in [6, 6.07) is 0. The van der Waals surface area contributed by atoms with E-state index in [0.717, 1.165) is 0 Å². The Labute approximate surface area is 86.5 Å². The maximum absolute atomic E-state index is 11.7. The molecule has 0 rings (SSSR count). The molecular weight excluding hydrogens is 213 g/mol. The van der Waals surface area contributed by atoms with Crippen LogP contribution in [0.25, 0.3) is 0 Å². The summed E-state index contributed by atoms with van der Waals surface area (Å²) in [5.74, 6) is -0.299. The van der Waals surface area contributed by atoms with Crippen LogP contribution < -0.4 is 0 Å². The van der Waals surface area contributed by atoms with Gasteiger partial charge < -0.3 is 0 Å². The maximum atomic E-state index is 11.7. The van der Waals surface area contributed by atoms with Crippen molar-refractivity contribution in [3.63, 3.8) is 0 Å². The Kier molecular flexibility index (Phi) is 7.52. The van der Waals surface area contributed by atoms with E-state index in [1.807, 2.05) is 13.8 Å². The Bertz CT molecular complexity index is 170. The van der Waals surface area contributed by atoms with Gasteiger partial charge in [-0.25, -0.2) is 0 Å². The third kappa shape index (κ3) is 10.0. The summed E-state index contributed by atoms with van der Waals surface area (Å²) >= 11 is 0. The van der Waals surface area contributed by atoms with Gasteiger partial charge in [-0.2, -0.15) is 13.2 Å². The van der Waals surface area contributed by atoms with Gasteiger partial charge in [-0.05, 0) is 20.8 Å². The van der Waals surface area contributed by atoms with Gasteiger partial charge >= 0.3 is 6.18 Å². The van der Waals surface area contributed by atoms with E-state index in [1.54, 1.807) is 20.8 Å². The summed E-state index contributed by atoms with van der Waals surface area (Å²) in [4.78, 5) is 0. The molecule has 0 saturated heterocycles. The van der Waals surface area contributed by atoms with E-state index in [4.69, 9.17) is 0 Å². The summed E-state index contributed by atoms with van der Waals surface area (Å²) in [5, 5.41) is 0. The van der Waals surface area contributed by atoms with Crippen molar-refractivity contribution >= 4 is 10.8 Å². The first-order valence-corrected chi connectivity index (χ1v) is 5.90. The Balaban J connectivity index is 0. The van der Waals surface area contributed by atoms with Crippen molar-refractivity contribution < 1.29 is 17.4 Å². The Morgan fingerprint density at radius 1 is 1.07 bits per heavy atom. The normalized spacial score (nSPS) is 14.3. The van der Waals surface area contributed by atoms with Crippen molar-refractivity contribution in [1.82, 2.24) is 0 Å². The molecule has 0 saturated carbocycles. The Hall–Kier alpha value is -0.0600. The first kappa shape index (κ1) is 16.4. The molecule has 88 valence electrons. The van der Waals surface area contributed by atoms with Crippen LogP contribution in [0.2, 0.25) is 0 Å². The number of hydrogen-bond acceptors (Lipinski definition) is 1. The van der Waals surface area contributed by atoms with Gasteiger partial charge in [0.1, 0.15) is 0 Å². The molecule has 1 unspecified atom stereocenters. The van der Waals surface area contributed by atoms with Crippen molar-refractivity contribution in [2.75, 3.05) is 5.75 Å². The molecule has 0 aromatic carbocycles. The predicted octanol–water partition coefficient (Wildman–Crippen LogP) is 3.51. The van der Waals surface area contributed by atoms with Crippen molar-refractivity contribution in [2.45, 2.75) is 52.0 Å². The van der Waals surface area contributed by atoms with Crippen LogP contribution in [0.5, 0.6) is 0 Å². The highest BCUT2D eigenvalue weighted by atomic mass is 32.2. The van der Waals surface area contributed by atoms with Crippen LogP contribution in [-0.4, -0.2) is 20.9 Å². The lowest BCUT2D eigenvalue weighted by Crippen LogP contribution is -2.26. The van der Waals surface area contributed by atoms with E-state index >= 15 is 0 Å². The predicted molar refractivity (Wildman–Crippen MR) is 54.8 cm³/mol. The molecular formula is C9H19F3OS. The lowest BCUT2D eigenvalue weighted by atomic mass is 10.3. The summed E-state index contributed by atoms with van der Waals surface area (Å²) < 4.78 is 45.6. The molecule has 0 heterocycles. The second-order valence-corrected chi connectivity index (χ2v) is 5.85. The van der Waals surface area contributed by atoms with Crippen molar-refractivity contribution in [2.24, 2.45) is 0 Å². The van der Waals surface area contributed by atoms with Crippen LogP contribution >= 0.6 is 0 Å². The topological polar surface area (TPSA) is 17.1 Å². The minimum atomic E-state index is -4.19. The van der Waals surface area contributed by atoms with Gasteiger partial charge in [0.2, 0.25) is 0 Å². The van der Waals surface area contributed by atoms with Gasteiger partial charge in [0.25, 0.3) is 0 Å². The van der Waals surface area contributed by atoms with Gasteiger partial charge in [-0.15, -0.1) is 0 Å². The summed E-state index contributed by atoms with van der Waals surface area (Å²) in [6.45, 7) is 9.00. The highest BCUT2D eigenvalue weighted by molar-refractivity contribution is 7.86. The van der Waals surface area contributed by atoms with E-state index in [2.05, 4.69) is 0 Å². The molecule has 1 atom stereocenters. The van der Waals surface area contributed by atoms with Gasteiger partial charge in [0.05, 0.1) is 6.42 Å². The van der Waals surface area contributed by atoms with Gasteiger partial charge in [0.15, 0.2) is 0 Å². The van der Waals surface area contributed by atoms with Crippen molar-refractivity contribution in [1.29, 1.82) is 0 Å². The second kappa shape index (κ2) is 6.43. The van der Waals surface area contributed by atoms with E-state index < -0.39 is 28.1 Å². The number of alkyl halides is 3. The molecule has 0 N–H and O–H groups in total. The molecule has 0 aliphatic carbocycles. The van der Waals surface area contributed by atoms with Crippen LogP contribution in [0.15, 0.2) is 0 Å². The monoisotopic (exact) mass is 232 g/mol. The maximum Gasteiger partial charge on any atom is 0.390 e. The van der Waals surface area contributed by atoms with Gasteiger partial charge in [-0.3, -0.25) is 4.21 Å². The fourth-order valence-electron chi connectivity index (χ4n) is 0.515. The molecule has 0 aliphatic rings. The number of halogens is 3. The Morgan fingerprint density at radius 3 is 1.64 bits per heavy atom. The zero-order chi connectivity index (χ0) is 12.0. The highest BCUT2D eigenvalue weighted by Crippen LogP contribution is 2.22. The lowest BCUT2D eigenvalue weighted by molar-refractivity contribution is -0.129. The van der Waals surface area contributed by atoms with E-state index in [0.29, 0.717) is 0 Å². The standard InChI is InChI=1S/C7H13F3OS.C2H6/c1-6(2,3)12(11)5-4-7(8,9)10;1-2/h4-5H2,1-3H3;1-2H3. The third-order valence-corrected chi connectivity index (χ3v) is 3.19. The molecule has 14 heavy (non-hydrogen) atoms. The Morgan fingerprint density at radius 2 is 1.43 bits per heavy atom. The zero-order valence-electron chi connectivity index (χ0n) is 9.36. The quantitative estimate of drug-likeness (QED) is 0.712. The molecule has 0 spiro atoms. The van der Waals surface area contributed by atoms with Crippen LogP contribution in [0.3, 0.4) is 0 Å². The van der Waals surface area contributed by atoms with Crippen molar-refractivity contribution in [3.8, 4) is 0 Å². The third-order valence-electron chi connectivity index (χ3n) is 1.25. The van der Waals surface area contributed by atoms with E-state index in [1.165, 1.54) is 0 Å². The van der Waals surface area contributed by atoms with Crippen LogP contribution in [-0.2, 0) is 10.8 Å². The first-order chi connectivity index (χ1) is 6.13. The van der Waals surface area contributed by atoms with E-state index in [-0.39, 0.29) is 5.75 Å². The van der Waals surface area contributed by atoms with Crippen molar-refractivity contribution in [3.05, 3.63) is 0 Å². The molecule has 1 nitrogen and oxygen atoms in total. The largest absolute Gasteiger partial charge is 0.390 e. The van der Waals surface area contributed by atoms with Crippen LogP contribution in [0.1, 0.15) is 41.0 Å². The number of rotatable bonds is 2. The average molecular weight is 232 g/mol. The summed E-state index contributed by atoms with van der Waals surface area (Å²) in [6.07, 6.45) is -5.15. The zero-order valence-corrected chi connectivity index (χ0v) is 10.2. The molecule has 0 amide bonds. The molecule has 0 aromatic rings. The first-order valence-electron chi connectivity index (χ1n) is 4.58. The molecule has 5 heteroatoms. The SMILES string of the molecule is CC.CC(C)(C)S(=O)CCC(F)(F)F. The van der Waals surface area contributed by atoms with Gasteiger partial charge in [-0.1, -0.05) is 13.8 Å². The average Bonchev–Trinajstić information content (AvgIpc) is 2.01. The van der Waals surface area contributed by atoms with Crippen LogP contribution in [0.4, 0.5) is 13.2 Å². The fraction of sp³-hybridized carbons (Fsp3) is 1.00. The summed E-state index contributed by atoms with van der Waals surface area (Å²) in [5.41, 5.74) is 0. The minimum Gasteiger partial charge on any atom is -0.259 e. The highest BCUT2D eigenvalue weighted by Gasteiger charge is 2.30. The number of hydrogen-bond donors (Lipinski definition) is 0.